The molecule has 1 aromatic rings. The number of hydrogen-bond donors (Lipinski definition) is 0. The molecule has 0 radical (unpaired) electrons. The average molecular weight is 360 g/mol. The fourth-order valence-electron chi connectivity index (χ4n) is 3.09. The van der Waals surface area contributed by atoms with Gasteiger partial charge in [0.2, 0.25) is 11.8 Å². The highest BCUT2D eigenvalue weighted by Gasteiger charge is 2.36. The first kappa shape index (κ1) is 20.4. The minimum atomic E-state index is -0.281. The van der Waals surface area contributed by atoms with Crippen molar-refractivity contribution in [2.45, 2.75) is 58.9 Å². The van der Waals surface area contributed by atoms with Gasteiger partial charge in [-0.2, -0.15) is 0 Å². The molecule has 2 rings (SSSR count). The molecule has 0 aliphatic carbocycles. The summed E-state index contributed by atoms with van der Waals surface area (Å²) in [5, 5.41) is 0. The number of methoxy groups -OCH3 is 2. The second kappa shape index (κ2) is 9.72. The van der Waals surface area contributed by atoms with Crippen LogP contribution < -0.4 is 0 Å². The van der Waals surface area contributed by atoms with Crippen LogP contribution in [0.1, 0.15) is 39.7 Å². The molecule has 3 atom stereocenters. The predicted octanol–water partition coefficient (Wildman–Crippen LogP) is 4.11. The summed E-state index contributed by atoms with van der Waals surface area (Å²) < 4.78 is 17.4. The Morgan fingerprint density at radius 3 is 2.00 bits per heavy atom. The summed E-state index contributed by atoms with van der Waals surface area (Å²) in [6.45, 7) is 9.12. The van der Waals surface area contributed by atoms with E-state index >= 15 is 0 Å². The number of hydrogen-bond acceptors (Lipinski definition) is 5. The van der Waals surface area contributed by atoms with Crippen LogP contribution in [0.2, 0.25) is 0 Å². The summed E-state index contributed by atoms with van der Waals surface area (Å²) >= 11 is 0. The quantitative estimate of drug-likeness (QED) is 0.735. The Labute approximate surface area is 157 Å². The normalized spacial score (nSPS) is 21.4. The SMILES string of the molecule is COC1=NC([C@@H](CC(C)C)OCc2ccccc2)C(OC)=NC1C(C)C. The van der Waals surface area contributed by atoms with Crippen molar-refractivity contribution in [3.8, 4) is 0 Å². The lowest BCUT2D eigenvalue weighted by Crippen LogP contribution is -2.44. The zero-order valence-corrected chi connectivity index (χ0v) is 16.8. The fraction of sp³-hybridized carbons (Fsp3) is 0.619. The molecule has 0 aromatic heterocycles. The predicted molar refractivity (Wildman–Crippen MR) is 106 cm³/mol. The molecule has 0 saturated heterocycles. The molecule has 5 heteroatoms. The summed E-state index contributed by atoms with van der Waals surface area (Å²) in [5.74, 6) is 2.04. The molecule has 1 aliphatic heterocycles. The van der Waals surface area contributed by atoms with Crippen molar-refractivity contribution in [2.75, 3.05) is 14.2 Å². The largest absolute Gasteiger partial charge is 0.483 e. The molecule has 0 spiro atoms. The molecule has 26 heavy (non-hydrogen) atoms. The lowest BCUT2D eigenvalue weighted by Gasteiger charge is -2.32. The summed E-state index contributed by atoms with van der Waals surface area (Å²) in [4.78, 5) is 9.61. The number of nitrogens with zero attached hydrogens (tertiary/aromatic N) is 2. The Bertz CT molecular complexity index is 611. The maximum atomic E-state index is 6.28. The van der Waals surface area contributed by atoms with E-state index in [9.17, 15) is 0 Å². The molecule has 0 fully saturated rings. The Kier molecular flexibility index (Phi) is 7.64. The van der Waals surface area contributed by atoms with E-state index in [2.05, 4.69) is 39.8 Å². The Hall–Kier alpha value is -1.88. The van der Waals surface area contributed by atoms with Crippen molar-refractivity contribution in [3.05, 3.63) is 35.9 Å². The molecular formula is C21H32N2O3. The molecule has 2 unspecified atom stereocenters. The topological polar surface area (TPSA) is 52.4 Å². The van der Waals surface area contributed by atoms with Crippen molar-refractivity contribution in [3.63, 3.8) is 0 Å². The third-order valence-electron chi connectivity index (χ3n) is 4.45. The summed E-state index contributed by atoms with van der Waals surface area (Å²) in [6, 6.07) is 9.79. The second-order valence-corrected chi connectivity index (χ2v) is 7.44. The van der Waals surface area contributed by atoms with Gasteiger partial charge < -0.3 is 14.2 Å². The lowest BCUT2D eigenvalue weighted by atomic mass is 9.97. The summed E-state index contributed by atoms with van der Waals surface area (Å²) in [7, 11) is 3.31. The summed E-state index contributed by atoms with van der Waals surface area (Å²) in [6.07, 6.45) is 0.749. The van der Waals surface area contributed by atoms with Crippen LogP contribution in [0.4, 0.5) is 0 Å². The van der Waals surface area contributed by atoms with Crippen LogP contribution in [0.5, 0.6) is 0 Å². The van der Waals surface area contributed by atoms with E-state index in [0.29, 0.717) is 24.3 Å². The second-order valence-electron chi connectivity index (χ2n) is 7.44. The standard InChI is InChI=1S/C21H32N2O3/c1-14(2)12-17(26-13-16-10-8-7-9-11-16)19-21(25-6)22-18(15(3)4)20(23-19)24-5/h7-11,14-15,17-19H,12-13H2,1-6H3/t17-,18?,19?/m1/s1. The maximum Gasteiger partial charge on any atom is 0.212 e. The average Bonchev–Trinajstić information content (AvgIpc) is 2.64. The zero-order chi connectivity index (χ0) is 19.1. The smallest absolute Gasteiger partial charge is 0.212 e. The number of benzene rings is 1. The van der Waals surface area contributed by atoms with Gasteiger partial charge in [0.25, 0.3) is 0 Å². The van der Waals surface area contributed by atoms with Gasteiger partial charge in [0, 0.05) is 0 Å². The molecule has 0 N–H and O–H groups in total. The Balaban J connectivity index is 2.24. The van der Waals surface area contributed by atoms with Crippen molar-refractivity contribution in [1.82, 2.24) is 0 Å². The van der Waals surface area contributed by atoms with Crippen molar-refractivity contribution in [2.24, 2.45) is 21.8 Å². The fourth-order valence-corrected chi connectivity index (χ4v) is 3.09. The van der Waals surface area contributed by atoms with Crippen LogP contribution in [-0.2, 0) is 20.8 Å². The van der Waals surface area contributed by atoms with Crippen molar-refractivity contribution < 1.29 is 14.2 Å². The lowest BCUT2D eigenvalue weighted by molar-refractivity contribution is 0.0187. The van der Waals surface area contributed by atoms with E-state index < -0.39 is 0 Å². The van der Waals surface area contributed by atoms with E-state index in [-0.39, 0.29) is 24.1 Å². The van der Waals surface area contributed by atoms with Crippen LogP contribution in [0.3, 0.4) is 0 Å². The van der Waals surface area contributed by atoms with Gasteiger partial charge in [-0.05, 0) is 23.8 Å². The minimum absolute atomic E-state index is 0.111. The van der Waals surface area contributed by atoms with Gasteiger partial charge in [-0.25, -0.2) is 9.98 Å². The van der Waals surface area contributed by atoms with Gasteiger partial charge in [-0.3, -0.25) is 0 Å². The van der Waals surface area contributed by atoms with Gasteiger partial charge in [0.05, 0.1) is 26.9 Å². The molecule has 1 heterocycles. The molecule has 144 valence electrons. The van der Waals surface area contributed by atoms with E-state index in [4.69, 9.17) is 24.2 Å². The zero-order valence-electron chi connectivity index (χ0n) is 16.8. The molecule has 1 aliphatic rings. The number of aliphatic imine (C=N–C) groups is 2. The highest BCUT2D eigenvalue weighted by Crippen LogP contribution is 2.24. The van der Waals surface area contributed by atoms with Crippen LogP contribution in [-0.4, -0.2) is 44.2 Å². The first-order valence-corrected chi connectivity index (χ1v) is 9.35. The van der Waals surface area contributed by atoms with E-state index in [0.717, 1.165) is 12.0 Å². The Morgan fingerprint density at radius 2 is 1.46 bits per heavy atom. The van der Waals surface area contributed by atoms with Gasteiger partial charge in [0.15, 0.2) is 6.04 Å². The molecule has 0 saturated carbocycles. The summed E-state index contributed by atoms with van der Waals surface area (Å²) in [5.41, 5.74) is 1.14. The maximum absolute atomic E-state index is 6.28. The van der Waals surface area contributed by atoms with Crippen LogP contribution in [0.15, 0.2) is 40.3 Å². The van der Waals surface area contributed by atoms with E-state index in [1.807, 2.05) is 18.2 Å². The molecule has 5 nitrogen and oxygen atoms in total. The van der Waals surface area contributed by atoms with Gasteiger partial charge in [-0.1, -0.05) is 58.0 Å². The van der Waals surface area contributed by atoms with Crippen LogP contribution in [0, 0.1) is 11.8 Å². The van der Waals surface area contributed by atoms with Crippen LogP contribution in [0.25, 0.3) is 0 Å². The van der Waals surface area contributed by atoms with E-state index in [1.165, 1.54) is 0 Å². The number of ether oxygens (including phenoxy) is 3. The van der Waals surface area contributed by atoms with Gasteiger partial charge >= 0.3 is 0 Å². The molecule has 0 amide bonds. The Morgan fingerprint density at radius 1 is 0.885 bits per heavy atom. The first-order chi connectivity index (χ1) is 12.5. The van der Waals surface area contributed by atoms with Crippen molar-refractivity contribution >= 4 is 11.8 Å². The van der Waals surface area contributed by atoms with Gasteiger partial charge in [-0.15, -0.1) is 0 Å². The first-order valence-electron chi connectivity index (χ1n) is 9.35. The molecule has 1 aromatic carbocycles. The third kappa shape index (κ3) is 5.31. The van der Waals surface area contributed by atoms with Gasteiger partial charge in [0.1, 0.15) is 6.04 Å². The van der Waals surface area contributed by atoms with E-state index in [1.54, 1.807) is 14.2 Å². The third-order valence-corrected chi connectivity index (χ3v) is 4.45. The number of rotatable bonds is 7. The molecular weight excluding hydrogens is 328 g/mol. The minimum Gasteiger partial charge on any atom is -0.483 e. The molecule has 0 bridgehead atoms. The monoisotopic (exact) mass is 360 g/mol. The van der Waals surface area contributed by atoms with Crippen LogP contribution >= 0.6 is 0 Å². The highest BCUT2D eigenvalue weighted by atomic mass is 16.5. The highest BCUT2D eigenvalue weighted by molar-refractivity contribution is 5.94. The van der Waals surface area contributed by atoms with Crippen molar-refractivity contribution in [1.29, 1.82) is 0 Å².